The van der Waals surface area contributed by atoms with Crippen LogP contribution in [0.2, 0.25) is 0 Å². The number of fused-ring (bicyclic) bond motifs is 1. The van der Waals surface area contributed by atoms with Crippen molar-refractivity contribution in [3.8, 4) is 0 Å². The lowest BCUT2D eigenvalue weighted by molar-refractivity contribution is -0.140. The average Bonchev–Trinajstić information content (AvgIpc) is 2.77. The molecule has 0 saturated heterocycles. The number of amides is 1. The Bertz CT molecular complexity index is 587. The molecule has 0 bridgehead atoms. The Kier molecular flexibility index (Phi) is 4.34. The number of carboxylic acid groups (broad SMARTS) is 1. The Morgan fingerprint density at radius 1 is 1.38 bits per heavy atom. The molecule has 1 aromatic rings. The SMILES string of the molecule is Cc1c(C(=O)N[C@H](C(=O)O)C(C)C)ccc2c1B(O)OC2. The van der Waals surface area contributed by atoms with Crippen LogP contribution in [0.1, 0.15) is 35.3 Å². The van der Waals surface area contributed by atoms with Gasteiger partial charge in [-0.1, -0.05) is 19.9 Å². The number of carbonyl (C=O) groups is 2. The predicted molar refractivity (Wildman–Crippen MR) is 77.3 cm³/mol. The molecule has 7 heteroatoms. The van der Waals surface area contributed by atoms with Crippen LogP contribution in [0.3, 0.4) is 0 Å². The summed E-state index contributed by atoms with van der Waals surface area (Å²) in [6.07, 6.45) is 0. The largest absolute Gasteiger partial charge is 0.492 e. The van der Waals surface area contributed by atoms with Crippen LogP contribution in [0.25, 0.3) is 0 Å². The number of aliphatic carboxylic acids is 1. The summed E-state index contributed by atoms with van der Waals surface area (Å²) in [5, 5.41) is 21.4. The van der Waals surface area contributed by atoms with Crippen molar-refractivity contribution in [3.63, 3.8) is 0 Å². The van der Waals surface area contributed by atoms with Gasteiger partial charge in [0.15, 0.2) is 0 Å². The van der Waals surface area contributed by atoms with Crippen molar-refractivity contribution >= 4 is 24.5 Å². The van der Waals surface area contributed by atoms with Gasteiger partial charge in [0.1, 0.15) is 6.04 Å². The first-order chi connectivity index (χ1) is 9.82. The molecule has 0 spiro atoms. The van der Waals surface area contributed by atoms with Gasteiger partial charge in [0.2, 0.25) is 0 Å². The molecule has 3 N–H and O–H groups in total. The first-order valence-corrected chi connectivity index (χ1v) is 6.78. The van der Waals surface area contributed by atoms with Crippen LogP contribution in [0, 0.1) is 12.8 Å². The van der Waals surface area contributed by atoms with E-state index in [4.69, 9.17) is 9.76 Å². The fraction of sp³-hybridized carbons (Fsp3) is 0.429. The van der Waals surface area contributed by atoms with E-state index >= 15 is 0 Å². The minimum Gasteiger partial charge on any atom is -0.480 e. The Hall–Kier alpha value is -1.86. The van der Waals surface area contributed by atoms with Crippen LogP contribution in [0.5, 0.6) is 0 Å². The topological polar surface area (TPSA) is 95.9 Å². The van der Waals surface area contributed by atoms with Crippen LogP contribution in [-0.2, 0) is 16.1 Å². The van der Waals surface area contributed by atoms with Crippen molar-refractivity contribution in [2.45, 2.75) is 33.4 Å². The molecule has 1 aromatic carbocycles. The molecule has 1 atom stereocenters. The first-order valence-electron chi connectivity index (χ1n) is 6.78. The molecule has 0 fully saturated rings. The molecule has 1 amide bonds. The zero-order valence-electron chi connectivity index (χ0n) is 12.2. The van der Waals surface area contributed by atoms with Crippen LogP contribution in [0.15, 0.2) is 12.1 Å². The van der Waals surface area contributed by atoms with Gasteiger partial charge in [-0.3, -0.25) is 4.79 Å². The third-order valence-corrected chi connectivity index (χ3v) is 3.71. The number of hydrogen-bond donors (Lipinski definition) is 3. The lowest BCUT2D eigenvalue weighted by Gasteiger charge is -2.19. The third kappa shape index (κ3) is 2.93. The van der Waals surface area contributed by atoms with Gasteiger partial charge in [-0.2, -0.15) is 0 Å². The highest BCUT2D eigenvalue weighted by Crippen LogP contribution is 2.16. The summed E-state index contributed by atoms with van der Waals surface area (Å²) in [4.78, 5) is 23.5. The number of carboxylic acids is 1. The zero-order chi connectivity index (χ0) is 15.7. The van der Waals surface area contributed by atoms with E-state index in [0.29, 0.717) is 23.2 Å². The molecule has 21 heavy (non-hydrogen) atoms. The maximum Gasteiger partial charge on any atom is 0.492 e. The predicted octanol–water partition coefficient (Wildman–Crippen LogP) is 0.0517. The molecule has 6 nitrogen and oxygen atoms in total. The number of hydrogen-bond acceptors (Lipinski definition) is 4. The summed E-state index contributed by atoms with van der Waals surface area (Å²) in [5.74, 6) is -1.76. The van der Waals surface area contributed by atoms with Crippen molar-refractivity contribution in [2.75, 3.05) is 0 Å². The lowest BCUT2D eigenvalue weighted by atomic mass is 9.75. The smallest absolute Gasteiger partial charge is 0.480 e. The fourth-order valence-electron chi connectivity index (χ4n) is 2.48. The average molecular weight is 291 g/mol. The Morgan fingerprint density at radius 3 is 2.62 bits per heavy atom. The van der Waals surface area contributed by atoms with Gasteiger partial charge in [-0.25, -0.2) is 4.79 Å². The van der Waals surface area contributed by atoms with E-state index in [9.17, 15) is 14.6 Å². The Morgan fingerprint density at radius 2 is 2.05 bits per heavy atom. The van der Waals surface area contributed by atoms with Gasteiger partial charge in [0.25, 0.3) is 5.91 Å². The van der Waals surface area contributed by atoms with E-state index in [1.807, 2.05) is 0 Å². The molecule has 0 aromatic heterocycles. The maximum absolute atomic E-state index is 12.3. The molecule has 1 aliphatic rings. The molecule has 0 unspecified atom stereocenters. The van der Waals surface area contributed by atoms with Gasteiger partial charge in [0.05, 0.1) is 6.61 Å². The van der Waals surface area contributed by atoms with Gasteiger partial charge < -0.3 is 20.1 Å². The molecule has 0 saturated carbocycles. The molecular weight excluding hydrogens is 273 g/mol. The molecule has 0 radical (unpaired) electrons. The molecule has 112 valence electrons. The van der Waals surface area contributed by atoms with Crippen LogP contribution < -0.4 is 10.8 Å². The van der Waals surface area contributed by atoms with E-state index in [2.05, 4.69) is 5.32 Å². The summed E-state index contributed by atoms with van der Waals surface area (Å²) >= 11 is 0. The van der Waals surface area contributed by atoms with Crippen LogP contribution >= 0.6 is 0 Å². The molecule has 2 rings (SSSR count). The van der Waals surface area contributed by atoms with Gasteiger partial charge in [0, 0.05) is 5.56 Å². The van der Waals surface area contributed by atoms with E-state index in [1.54, 1.807) is 32.9 Å². The highest BCUT2D eigenvalue weighted by molar-refractivity contribution is 6.62. The first kappa shape index (κ1) is 15.5. The molecular formula is C14H18BNO5. The fourth-order valence-corrected chi connectivity index (χ4v) is 2.48. The Labute approximate surface area is 123 Å². The number of benzene rings is 1. The van der Waals surface area contributed by atoms with E-state index in [-0.39, 0.29) is 5.92 Å². The number of nitrogens with one attached hydrogen (secondary N) is 1. The van der Waals surface area contributed by atoms with E-state index < -0.39 is 25.0 Å². The minimum absolute atomic E-state index is 0.227. The van der Waals surface area contributed by atoms with Crippen LogP contribution in [-0.4, -0.2) is 35.2 Å². The second kappa shape index (κ2) is 5.87. The van der Waals surface area contributed by atoms with Crippen molar-refractivity contribution in [3.05, 3.63) is 28.8 Å². The number of carbonyl (C=O) groups excluding carboxylic acids is 1. The van der Waals surface area contributed by atoms with Gasteiger partial charge >= 0.3 is 13.1 Å². The van der Waals surface area contributed by atoms with Crippen LogP contribution in [0.4, 0.5) is 0 Å². The monoisotopic (exact) mass is 291 g/mol. The Balaban J connectivity index is 2.29. The molecule has 1 aliphatic heterocycles. The highest BCUT2D eigenvalue weighted by Gasteiger charge is 2.32. The van der Waals surface area contributed by atoms with Gasteiger partial charge in [-0.15, -0.1) is 0 Å². The summed E-state index contributed by atoms with van der Waals surface area (Å²) in [6, 6.07) is 2.40. The van der Waals surface area contributed by atoms with Crippen molar-refractivity contribution < 1.29 is 24.4 Å². The second-order valence-corrected chi connectivity index (χ2v) is 5.51. The minimum atomic E-state index is -1.07. The van der Waals surface area contributed by atoms with E-state index in [0.717, 1.165) is 5.56 Å². The number of rotatable bonds is 4. The van der Waals surface area contributed by atoms with Crippen molar-refractivity contribution in [1.29, 1.82) is 0 Å². The normalized spacial score (nSPS) is 15.0. The van der Waals surface area contributed by atoms with E-state index in [1.165, 1.54) is 0 Å². The molecule has 0 aliphatic carbocycles. The van der Waals surface area contributed by atoms with Crippen molar-refractivity contribution in [1.82, 2.24) is 5.32 Å². The summed E-state index contributed by atoms with van der Waals surface area (Å²) < 4.78 is 5.13. The maximum atomic E-state index is 12.3. The standard InChI is InChI=1S/C14H18BNO5/c1-7(2)12(14(18)19)16-13(17)10-5-4-9-6-21-15(20)11(9)8(10)3/h4-5,7,12,20H,6H2,1-3H3,(H,16,17)(H,18,19)/t12-/m0/s1. The lowest BCUT2D eigenvalue weighted by Crippen LogP contribution is -2.45. The quantitative estimate of drug-likeness (QED) is 0.681. The highest BCUT2D eigenvalue weighted by atomic mass is 16.5. The second-order valence-electron chi connectivity index (χ2n) is 5.51. The summed E-state index contributed by atoms with van der Waals surface area (Å²) in [7, 11) is -1.03. The summed E-state index contributed by atoms with van der Waals surface area (Å²) in [5.41, 5.74) is 2.40. The third-order valence-electron chi connectivity index (χ3n) is 3.71. The zero-order valence-corrected chi connectivity index (χ0v) is 12.2. The summed E-state index contributed by atoms with van der Waals surface area (Å²) in [6.45, 7) is 5.48. The van der Waals surface area contributed by atoms with Crippen molar-refractivity contribution in [2.24, 2.45) is 5.92 Å². The molecule has 1 heterocycles. The van der Waals surface area contributed by atoms with Gasteiger partial charge in [-0.05, 0) is 35.5 Å².